The molecule has 1 N–H and O–H groups in total. The van der Waals surface area contributed by atoms with Crippen molar-refractivity contribution in [2.24, 2.45) is 5.92 Å². The molecule has 0 aliphatic carbocycles. The third-order valence-corrected chi connectivity index (χ3v) is 2.45. The fourth-order valence-electron chi connectivity index (χ4n) is 1.60. The molecule has 78 valence electrons. The molecule has 1 aliphatic rings. The Morgan fingerprint density at radius 3 is 3.29 bits per heavy atom. The van der Waals surface area contributed by atoms with Gasteiger partial charge < -0.3 is 10.1 Å². The molecule has 1 atom stereocenters. The summed E-state index contributed by atoms with van der Waals surface area (Å²) in [7, 11) is 0. The van der Waals surface area contributed by atoms with E-state index in [4.69, 9.17) is 4.74 Å². The third kappa shape index (κ3) is 2.78. The lowest BCUT2D eigenvalue weighted by Crippen LogP contribution is -2.26. The van der Waals surface area contributed by atoms with Crippen LogP contribution in [0, 0.1) is 5.92 Å². The van der Waals surface area contributed by atoms with E-state index in [1.165, 1.54) is 6.42 Å². The number of rotatable bonds is 5. The van der Waals surface area contributed by atoms with Crippen molar-refractivity contribution in [2.75, 3.05) is 26.3 Å². The number of ether oxygens (including phenoxy) is 1. The van der Waals surface area contributed by atoms with Crippen molar-refractivity contribution in [1.82, 2.24) is 20.3 Å². The van der Waals surface area contributed by atoms with Crippen molar-refractivity contribution in [3.63, 3.8) is 0 Å². The Morgan fingerprint density at radius 2 is 2.57 bits per heavy atom. The second-order valence-electron chi connectivity index (χ2n) is 3.60. The Balaban J connectivity index is 1.55. The van der Waals surface area contributed by atoms with Crippen molar-refractivity contribution < 1.29 is 4.74 Å². The van der Waals surface area contributed by atoms with E-state index in [2.05, 4.69) is 15.6 Å². The molecule has 0 spiro atoms. The van der Waals surface area contributed by atoms with E-state index in [9.17, 15) is 0 Å². The summed E-state index contributed by atoms with van der Waals surface area (Å²) in [4.78, 5) is 0. The molecule has 0 aromatic carbocycles. The highest BCUT2D eigenvalue weighted by Crippen LogP contribution is 2.10. The number of hydrogen-bond acceptors (Lipinski definition) is 4. The monoisotopic (exact) mass is 196 g/mol. The van der Waals surface area contributed by atoms with Gasteiger partial charge in [0.2, 0.25) is 0 Å². The van der Waals surface area contributed by atoms with E-state index in [1.54, 1.807) is 6.20 Å². The molecular formula is C9H16N4O. The largest absolute Gasteiger partial charge is 0.381 e. The molecule has 1 aromatic heterocycles. The Kier molecular flexibility index (Phi) is 3.48. The predicted molar refractivity (Wildman–Crippen MR) is 51.8 cm³/mol. The van der Waals surface area contributed by atoms with Crippen LogP contribution in [0.25, 0.3) is 0 Å². The highest BCUT2D eigenvalue weighted by molar-refractivity contribution is 4.68. The van der Waals surface area contributed by atoms with Gasteiger partial charge in [-0.1, -0.05) is 5.21 Å². The van der Waals surface area contributed by atoms with Gasteiger partial charge in [-0.3, -0.25) is 4.68 Å². The van der Waals surface area contributed by atoms with Gasteiger partial charge in [0.1, 0.15) is 0 Å². The van der Waals surface area contributed by atoms with Crippen LogP contribution in [-0.2, 0) is 11.3 Å². The highest BCUT2D eigenvalue weighted by atomic mass is 16.5. The van der Waals surface area contributed by atoms with Crippen molar-refractivity contribution >= 4 is 0 Å². The maximum absolute atomic E-state index is 5.29. The number of hydrogen-bond donors (Lipinski definition) is 1. The Hall–Kier alpha value is -0.940. The first-order valence-electron chi connectivity index (χ1n) is 5.08. The smallest absolute Gasteiger partial charge is 0.0692 e. The van der Waals surface area contributed by atoms with E-state index in [0.29, 0.717) is 5.92 Å². The van der Waals surface area contributed by atoms with Crippen LogP contribution in [0.3, 0.4) is 0 Å². The topological polar surface area (TPSA) is 52.0 Å². The fraction of sp³-hybridized carbons (Fsp3) is 0.778. The molecule has 1 aromatic rings. The fourth-order valence-corrected chi connectivity index (χ4v) is 1.60. The van der Waals surface area contributed by atoms with Gasteiger partial charge in [-0.2, -0.15) is 0 Å². The summed E-state index contributed by atoms with van der Waals surface area (Å²) in [5.74, 6) is 0.700. The minimum Gasteiger partial charge on any atom is -0.381 e. The van der Waals surface area contributed by atoms with Crippen molar-refractivity contribution in [1.29, 1.82) is 0 Å². The Labute approximate surface area is 83.4 Å². The van der Waals surface area contributed by atoms with E-state index in [-0.39, 0.29) is 0 Å². The summed E-state index contributed by atoms with van der Waals surface area (Å²) in [6.07, 6.45) is 4.77. The van der Waals surface area contributed by atoms with Gasteiger partial charge in [0.05, 0.1) is 19.3 Å². The molecule has 0 amide bonds. The average Bonchev–Trinajstić information content (AvgIpc) is 2.86. The molecule has 1 unspecified atom stereocenters. The zero-order chi connectivity index (χ0) is 9.64. The van der Waals surface area contributed by atoms with Gasteiger partial charge in [0.15, 0.2) is 0 Å². The first kappa shape index (κ1) is 9.61. The number of aromatic nitrogens is 3. The SMILES string of the molecule is c1cn(CCNCC2CCOC2)nn1. The summed E-state index contributed by atoms with van der Waals surface area (Å²) >= 11 is 0. The molecule has 2 heterocycles. The summed E-state index contributed by atoms with van der Waals surface area (Å²) in [6.45, 7) is 4.72. The maximum atomic E-state index is 5.29. The molecule has 5 nitrogen and oxygen atoms in total. The molecule has 1 fully saturated rings. The molecule has 0 saturated carbocycles. The molecule has 0 radical (unpaired) electrons. The number of nitrogens with one attached hydrogen (secondary N) is 1. The average molecular weight is 196 g/mol. The summed E-state index contributed by atoms with van der Waals surface area (Å²) in [5, 5.41) is 11.0. The van der Waals surface area contributed by atoms with Gasteiger partial charge in [-0.05, 0) is 12.3 Å². The van der Waals surface area contributed by atoms with E-state index in [0.717, 1.165) is 32.8 Å². The van der Waals surface area contributed by atoms with Crippen LogP contribution in [0.2, 0.25) is 0 Å². The van der Waals surface area contributed by atoms with Crippen LogP contribution in [0.5, 0.6) is 0 Å². The highest BCUT2D eigenvalue weighted by Gasteiger charge is 2.14. The van der Waals surface area contributed by atoms with Crippen LogP contribution in [0.4, 0.5) is 0 Å². The van der Waals surface area contributed by atoms with Gasteiger partial charge in [0, 0.05) is 25.9 Å². The molecule has 1 saturated heterocycles. The number of nitrogens with zero attached hydrogens (tertiary/aromatic N) is 3. The summed E-state index contributed by atoms with van der Waals surface area (Å²) < 4.78 is 7.12. The van der Waals surface area contributed by atoms with Crippen LogP contribution >= 0.6 is 0 Å². The first-order valence-corrected chi connectivity index (χ1v) is 5.08. The molecule has 2 rings (SSSR count). The zero-order valence-electron chi connectivity index (χ0n) is 8.22. The zero-order valence-corrected chi connectivity index (χ0v) is 8.22. The molecule has 0 bridgehead atoms. The Morgan fingerprint density at radius 1 is 1.57 bits per heavy atom. The lowest BCUT2D eigenvalue weighted by Gasteiger charge is -2.08. The first-order chi connectivity index (χ1) is 6.95. The molecule has 14 heavy (non-hydrogen) atoms. The van der Waals surface area contributed by atoms with Crippen LogP contribution in [-0.4, -0.2) is 41.3 Å². The lowest BCUT2D eigenvalue weighted by molar-refractivity contribution is 0.185. The van der Waals surface area contributed by atoms with E-state index >= 15 is 0 Å². The summed E-state index contributed by atoms with van der Waals surface area (Å²) in [6, 6.07) is 0. The van der Waals surface area contributed by atoms with Crippen LogP contribution < -0.4 is 5.32 Å². The van der Waals surface area contributed by atoms with Gasteiger partial charge in [-0.25, -0.2) is 0 Å². The van der Waals surface area contributed by atoms with Gasteiger partial charge >= 0.3 is 0 Å². The van der Waals surface area contributed by atoms with Crippen LogP contribution in [0.15, 0.2) is 12.4 Å². The van der Waals surface area contributed by atoms with Gasteiger partial charge in [0.25, 0.3) is 0 Å². The normalized spacial score (nSPS) is 21.6. The lowest BCUT2D eigenvalue weighted by atomic mass is 10.1. The third-order valence-electron chi connectivity index (χ3n) is 2.45. The minimum atomic E-state index is 0.700. The van der Waals surface area contributed by atoms with Crippen LogP contribution in [0.1, 0.15) is 6.42 Å². The van der Waals surface area contributed by atoms with Crippen molar-refractivity contribution in [2.45, 2.75) is 13.0 Å². The Bertz CT molecular complexity index is 243. The summed E-state index contributed by atoms with van der Waals surface area (Å²) in [5.41, 5.74) is 0. The van der Waals surface area contributed by atoms with Crippen molar-refractivity contribution in [3.05, 3.63) is 12.4 Å². The standard InChI is InChI=1S/C9H16N4O/c1-6-14-8-9(1)7-10-2-4-13-5-3-11-12-13/h3,5,9-10H,1-2,4,6-8H2. The predicted octanol–water partition coefficient (Wildman–Crippen LogP) is -0.0958. The molecular weight excluding hydrogens is 180 g/mol. The quantitative estimate of drug-likeness (QED) is 0.668. The second kappa shape index (κ2) is 5.07. The van der Waals surface area contributed by atoms with E-state index < -0.39 is 0 Å². The van der Waals surface area contributed by atoms with E-state index in [1.807, 2.05) is 10.9 Å². The second-order valence-corrected chi connectivity index (χ2v) is 3.60. The molecule has 1 aliphatic heterocycles. The molecule has 5 heteroatoms. The maximum Gasteiger partial charge on any atom is 0.0692 e. The van der Waals surface area contributed by atoms with Crippen molar-refractivity contribution in [3.8, 4) is 0 Å². The van der Waals surface area contributed by atoms with Gasteiger partial charge in [-0.15, -0.1) is 5.10 Å². The minimum absolute atomic E-state index is 0.700.